The summed E-state index contributed by atoms with van der Waals surface area (Å²) in [6, 6.07) is 0. The van der Waals surface area contributed by atoms with E-state index < -0.39 is 0 Å². The lowest BCUT2D eigenvalue weighted by molar-refractivity contribution is 0.410. The highest BCUT2D eigenvalue weighted by Gasteiger charge is 1.83. The zero-order valence-electron chi connectivity index (χ0n) is 4.72. The smallest absolute Gasteiger partial charge is 0.0651 e. The van der Waals surface area contributed by atoms with Crippen molar-refractivity contribution in [2.75, 3.05) is 13.2 Å². The summed E-state index contributed by atoms with van der Waals surface area (Å²) in [7, 11) is 0. The fourth-order valence-corrected chi connectivity index (χ4v) is 0.333. The van der Waals surface area contributed by atoms with E-state index in [0.717, 1.165) is 6.54 Å². The van der Waals surface area contributed by atoms with E-state index in [1.165, 1.54) is 0 Å². The maximum absolute atomic E-state index is 5.25. The summed E-state index contributed by atoms with van der Waals surface area (Å²) >= 11 is 0. The first-order valence-electron chi connectivity index (χ1n) is 2.41. The molecule has 0 aromatic heterocycles. The van der Waals surface area contributed by atoms with Gasteiger partial charge in [0, 0.05) is 6.54 Å². The third kappa shape index (κ3) is 2.23. The van der Waals surface area contributed by atoms with Gasteiger partial charge in [-0.3, -0.25) is 0 Å². The molecule has 0 aliphatic carbocycles. The van der Waals surface area contributed by atoms with Gasteiger partial charge in [-0.05, 0) is 13.1 Å². The van der Waals surface area contributed by atoms with Crippen LogP contribution in [0.15, 0.2) is 12.8 Å². The summed E-state index contributed by atoms with van der Waals surface area (Å²) in [4.78, 5) is 1.92. The van der Waals surface area contributed by atoms with Crippen molar-refractivity contribution in [2.45, 2.75) is 6.92 Å². The lowest BCUT2D eigenvalue weighted by Gasteiger charge is -2.12. The summed E-state index contributed by atoms with van der Waals surface area (Å²) in [6.45, 7) is 7.10. The van der Waals surface area contributed by atoms with Crippen molar-refractivity contribution in [1.82, 2.24) is 4.90 Å². The number of rotatable bonds is 3. The van der Waals surface area contributed by atoms with Gasteiger partial charge in [0.05, 0.1) is 6.67 Å². The first-order chi connectivity index (χ1) is 3.35. The largest absolute Gasteiger partial charge is 0.366 e. The van der Waals surface area contributed by atoms with Gasteiger partial charge in [-0.2, -0.15) is 0 Å². The van der Waals surface area contributed by atoms with Crippen LogP contribution < -0.4 is 5.73 Å². The van der Waals surface area contributed by atoms with Gasteiger partial charge in [-0.15, -0.1) is 0 Å². The fourth-order valence-electron chi connectivity index (χ4n) is 0.333. The Hall–Kier alpha value is -0.500. The number of hydrogen-bond donors (Lipinski definition) is 1. The molecule has 0 atom stereocenters. The molecule has 0 radical (unpaired) electrons. The molecule has 0 heterocycles. The van der Waals surface area contributed by atoms with Crippen molar-refractivity contribution in [3.63, 3.8) is 0 Å². The van der Waals surface area contributed by atoms with E-state index >= 15 is 0 Å². The summed E-state index contributed by atoms with van der Waals surface area (Å²) in [5.41, 5.74) is 5.25. The van der Waals surface area contributed by atoms with Crippen molar-refractivity contribution in [2.24, 2.45) is 5.73 Å². The van der Waals surface area contributed by atoms with Gasteiger partial charge in [-0.1, -0.05) is 6.58 Å². The Morgan fingerprint density at radius 2 is 2.43 bits per heavy atom. The molecule has 0 aromatic carbocycles. The predicted molar refractivity (Wildman–Crippen MR) is 31.6 cm³/mol. The SMILES string of the molecule is C=CN(CC)CN. The zero-order chi connectivity index (χ0) is 5.70. The first-order valence-corrected chi connectivity index (χ1v) is 2.41. The maximum atomic E-state index is 5.25. The van der Waals surface area contributed by atoms with E-state index in [4.69, 9.17) is 5.73 Å². The number of hydrogen-bond acceptors (Lipinski definition) is 2. The Labute approximate surface area is 44.6 Å². The van der Waals surface area contributed by atoms with Crippen molar-refractivity contribution in [1.29, 1.82) is 0 Å². The van der Waals surface area contributed by atoms with Crippen LogP contribution in [0, 0.1) is 0 Å². The fraction of sp³-hybridized carbons (Fsp3) is 0.600. The van der Waals surface area contributed by atoms with E-state index in [0.29, 0.717) is 6.67 Å². The molecule has 0 aliphatic rings. The summed E-state index contributed by atoms with van der Waals surface area (Å²) < 4.78 is 0. The summed E-state index contributed by atoms with van der Waals surface area (Å²) in [6.07, 6.45) is 1.74. The van der Waals surface area contributed by atoms with Crippen LogP contribution in [-0.2, 0) is 0 Å². The van der Waals surface area contributed by atoms with Crippen LogP contribution in [0.3, 0.4) is 0 Å². The van der Waals surface area contributed by atoms with Crippen LogP contribution in [0.1, 0.15) is 6.92 Å². The van der Waals surface area contributed by atoms with Crippen molar-refractivity contribution in [3.8, 4) is 0 Å². The van der Waals surface area contributed by atoms with E-state index in [2.05, 4.69) is 6.58 Å². The minimum atomic E-state index is 0.569. The molecule has 0 saturated carbocycles. The van der Waals surface area contributed by atoms with E-state index in [1.54, 1.807) is 6.20 Å². The zero-order valence-corrected chi connectivity index (χ0v) is 4.72. The van der Waals surface area contributed by atoms with Crippen molar-refractivity contribution >= 4 is 0 Å². The van der Waals surface area contributed by atoms with Crippen LogP contribution in [0.4, 0.5) is 0 Å². The number of nitrogens with two attached hydrogens (primary N) is 1. The molecule has 0 bridgehead atoms. The minimum absolute atomic E-state index is 0.569. The molecule has 2 N–H and O–H groups in total. The number of nitrogens with zero attached hydrogens (tertiary/aromatic N) is 1. The second kappa shape index (κ2) is 3.68. The monoisotopic (exact) mass is 100 g/mol. The third-order valence-corrected chi connectivity index (χ3v) is 0.899. The first kappa shape index (κ1) is 6.50. The molecule has 0 saturated heterocycles. The Bertz CT molecular complexity index is 48.0. The van der Waals surface area contributed by atoms with Gasteiger partial charge in [-0.25, -0.2) is 0 Å². The van der Waals surface area contributed by atoms with Gasteiger partial charge >= 0.3 is 0 Å². The van der Waals surface area contributed by atoms with Gasteiger partial charge in [0.25, 0.3) is 0 Å². The van der Waals surface area contributed by atoms with E-state index in [1.807, 2.05) is 11.8 Å². The molecule has 0 aliphatic heterocycles. The van der Waals surface area contributed by atoms with Crippen LogP contribution in [0.2, 0.25) is 0 Å². The molecule has 0 rings (SSSR count). The molecule has 2 heteroatoms. The quantitative estimate of drug-likeness (QED) is 0.519. The van der Waals surface area contributed by atoms with E-state index in [-0.39, 0.29) is 0 Å². The summed E-state index contributed by atoms with van der Waals surface area (Å²) in [5, 5.41) is 0. The van der Waals surface area contributed by atoms with Gasteiger partial charge < -0.3 is 10.6 Å². The average molecular weight is 100 g/mol. The van der Waals surface area contributed by atoms with Gasteiger partial charge in [0.15, 0.2) is 0 Å². The minimum Gasteiger partial charge on any atom is -0.366 e. The van der Waals surface area contributed by atoms with Gasteiger partial charge in [0.2, 0.25) is 0 Å². The molecule has 2 nitrogen and oxygen atoms in total. The Kier molecular flexibility index (Phi) is 3.42. The summed E-state index contributed by atoms with van der Waals surface area (Å²) in [5.74, 6) is 0. The molecule has 0 fully saturated rings. The van der Waals surface area contributed by atoms with Crippen LogP contribution in [0.5, 0.6) is 0 Å². The lowest BCUT2D eigenvalue weighted by Crippen LogP contribution is -2.23. The van der Waals surface area contributed by atoms with Crippen molar-refractivity contribution < 1.29 is 0 Å². The molecular formula is C5H12N2. The highest BCUT2D eigenvalue weighted by molar-refractivity contribution is 4.65. The molecule has 7 heavy (non-hydrogen) atoms. The molecule has 0 aromatic rings. The maximum Gasteiger partial charge on any atom is 0.0651 e. The van der Waals surface area contributed by atoms with Crippen LogP contribution in [-0.4, -0.2) is 18.1 Å². The molecular weight excluding hydrogens is 88.1 g/mol. The lowest BCUT2D eigenvalue weighted by atomic mass is 10.6. The second-order valence-corrected chi connectivity index (χ2v) is 1.27. The van der Waals surface area contributed by atoms with Gasteiger partial charge in [0.1, 0.15) is 0 Å². The third-order valence-electron chi connectivity index (χ3n) is 0.899. The highest BCUT2D eigenvalue weighted by atomic mass is 15.1. The Morgan fingerprint density at radius 3 is 2.43 bits per heavy atom. The molecule has 0 unspecified atom stereocenters. The molecule has 42 valence electrons. The van der Waals surface area contributed by atoms with Crippen molar-refractivity contribution in [3.05, 3.63) is 12.8 Å². The Balaban J connectivity index is 3.16. The second-order valence-electron chi connectivity index (χ2n) is 1.27. The predicted octanol–water partition coefficient (Wildman–Crippen LogP) is 0.368. The van der Waals surface area contributed by atoms with Crippen LogP contribution in [0.25, 0.3) is 0 Å². The normalized spacial score (nSPS) is 8.29. The Morgan fingerprint density at radius 1 is 1.86 bits per heavy atom. The molecule has 0 amide bonds. The van der Waals surface area contributed by atoms with E-state index in [9.17, 15) is 0 Å². The van der Waals surface area contributed by atoms with Crippen LogP contribution >= 0.6 is 0 Å². The molecule has 0 spiro atoms. The topological polar surface area (TPSA) is 29.3 Å². The average Bonchev–Trinajstić information content (AvgIpc) is 1.72. The highest BCUT2D eigenvalue weighted by Crippen LogP contribution is 1.78. The standard InChI is InChI=1S/C5H12N2/c1-3-7(4-2)5-6/h3H,1,4-6H2,2H3.